The first-order valence-corrected chi connectivity index (χ1v) is 5.40. The summed E-state index contributed by atoms with van der Waals surface area (Å²) in [5, 5.41) is 19.6. The van der Waals surface area contributed by atoms with Crippen molar-refractivity contribution in [2.45, 2.75) is 31.7 Å². The van der Waals surface area contributed by atoms with Gasteiger partial charge in [0.25, 0.3) is 0 Å². The Bertz CT molecular complexity index is 350. The monoisotopic (exact) mass is 241 g/mol. The number of carboxylic acids is 2. The molecule has 3 N–H and O–H groups in total. The molecule has 1 amide bonds. The number of hydrogen-bond donors (Lipinski definition) is 3. The van der Waals surface area contributed by atoms with E-state index in [1.165, 1.54) is 0 Å². The van der Waals surface area contributed by atoms with Crippen molar-refractivity contribution in [3.63, 3.8) is 0 Å². The van der Waals surface area contributed by atoms with Crippen molar-refractivity contribution in [3.8, 4) is 0 Å². The van der Waals surface area contributed by atoms with Gasteiger partial charge in [0.1, 0.15) is 6.04 Å². The van der Waals surface area contributed by atoms with Crippen LogP contribution >= 0.6 is 0 Å². The molecule has 6 nitrogen and oxygen atoms in total. The number of hydrogen-bond acceptors (Lipinski definition) is 3. The Hall–Kier alpha value is -1.85. The van der Waals surface area contributed by atoms with E-state index in [1.807, 2.05) is 12.2 Å². The zero-order chi connectivity index (χ0) is 12.8. The fourth-order valence-electron chi connectivity index (χ4n) is 1.70. The number of carboxylic acid groups (broad SMARTS) is 2. The lowest BCUT2D eigenvalue weighted by Crippen LogP contribution is -2.44. The van der Waals surface area contributed by atoms with Crippen LogP contribution in [0, 0.1) is 5.92 Å². The Morgan fingerprint density at radius 2 is 2.00 bits per heavy atom. The molecule has 1 aliphatic rings. The van der Waals surface area contributed by atoms with Crippen LogP contribution in [0.5, 0.6) is 0 Å². The third-order valence-electron chi connectivity index (χ3n) is 2.63. The molecule has 0 radical (unpaired) electrons. The van der Waals surface area contributed by atoms with E-state index in [9.17, 15) is 14.4 Å². The first kappa shape index (κ1) is 13.2. The number of amides is 1. The normalized spacial score (nSPS) is 20.6. The summed E-state index contributed by atoms with van der Waals surface area (Å²) in [5.41, 5.74) is 0. The highest BCUT2D eigenvalue weighted by Crippen LogP contribution is 2.18. The highest BCUT2D eigenvalue weighted by molar-refractivity contribution is 5.87. The molecule has 0 aromatic rings. The molecular weight excluding hydrogens is 226 g/mol. The van der Waals surface area contributed by atoms with Crippen LogP contribution in [0.4, 0.5) is 0 Å². The van der Waals surface area contributed by atoms with Gasteiger partial charge in [-0.25, -0.2) is 4.79 Å². The lowest BCUT2D eigenvalue weighted by atomic mass is 9.93. The minimum Gasteiger partial charge on any atom is -0.481 e. The van der Waals surface area contributed by atoms with Crippen LogP contribution in [0.15, 0.2) is 12.2 Å². The molecule has 94 valence electrons. The fourth-order valence-corrected chi connectivity index (χ4v) is 1.70. The Kier molecular flexibility index (Phi) is 4.68. The number of carbonyl (C=O) groups excluding carboxylic acids is 1. The van der Waals surface area contributed by atoms with E-state index in [4.69, 9.17) is 10.2 Å². The molecule has 0 aromatic heterocycles. The molecule has 0 fully saturated rings. The van der Waals surface area contributed by atoms with Crippen molar-refractivity contribution in [2.24, 2.45) is 5.92 Å². The summed E-state index contributed by atoms with van der Waals surface area (Å²) < 4.78 is 0. The standard InChI is InChI=1S/C11H15NO5/c13-9(14)6-8(11(16)17)12-10(15)7-4-2-1-3-5-7/h1-2,7-8H,3-6H2,(H,12,15)(H,13,14)(H,16,17)/t7?,8-/m0/s1. The molecule has 0 aromatic carbocycles. The third kappa shape index (κ3) is 4.26. The molecule has 17 heavy (non-hydrogen) atoms. The van der Waals surface area contributed by atoms with Gasteiger partial charge in [-0.05, 0) is 19.3 Å². The predicted molar refractivity (Wildman–Crippen MR) is 58.3 cm³/mol. The van der Waals surface area contributed by atoms with Crippen molar-refractivity contribution in [2.75, 3.05) is 0 Å². The van der Waals surface area contributed by atoms with Gasteiger partial charge in [-0.3, -0.25) is 9.59 Å². The van der Waals surface area contributed by atoms with E-state index >= 15 is 0 Å². The highest BCUT2D eigenvalue weighted by Gasteiger charge is 2.26. The number of carbonyl (C=O) groups is 3. The summed E-state index contributed by atoms with van der Waals surface area (Å²) in [4.78, 5) is 32.9. The van der Waals surface area contributed by atoms with Crippen LogP contribution in [-0.4, -0.2) is 34.1 Å². The second-order valence-corrected chi connectivity index (χ2v) is 3.98. The average Bonchev–Trinajstić information content (AvgIpc) is 2.28. The Labute approximate surface area is 98.3 Å². The maximum absolute atomic E-state index is 11.7. The molecule has 0 bridgehead atoms. The molecule has 1 unspecified atom stereocenters. The number of allylic oxidation sites excluding steroid dienone is 2. The van der Waals surface area contributed by atoms with Crippen molar-refractivity contribution in [3.05, 3.63) is 12.2 Å². The van der Waals surface area contributed by atoms with Gasteiger partial charge in [0, 0.05) is 5.92 Å². The van der Waals surface area contributed by atoms with Crippen molar-refractivity contribution in [1.29, 1.82) is 0 Å². The zero-order valence-electron chi connectivity index (χ0n) is 9.26. The summed E-state index contributed by atoms with van der Waals surface area (Å²) in [6.45, 7) is 0. The maximum atomic E-state index is 11.7. The minimum absolute atomic E-state index is 0.254. The van der Waals surface area contributed by atoms with Crippen molar-refractivity contribution < 1.29 is 24.6 Å². The summed E-state index contributed by atoms with van der Waals surface area (Å²) in [5.74, 6) is -3.22. The van der Waals surface area contributed by atoms with Crippen LogP contribution in [0.3, 0.4) is 0 Å². The molecule has 6 heteroatoms. The molecule has 0 saturated heterocycles. The van der Waals surface area contributed by atoms with Crippen LogP contribution in [0.25, 0.3) is 0 Å². The van der Waals surface area contributed by atoms with Gasteiger partial charge in [-0.1, -0.05) is 12.2 Å². The minimum atomic E-state index is -1.36. The predicted octanol–water partition coefficient (Wildman–Crippen LogP) is 0.387. The second kappa shape index (κ2) is 6.03. The Balaban J connectivity index is 2.54. The SMILES string of the molecule is O=C(O)C[C@H](NC(=O)C1CC=CCC1)C(=O)O. The molecule has 2 atom stereocenters. The van der Waals surface area contributed by atoms with Gasteiger partial charge in [0.05, 0.1) is 6.42 Å². The topological polar surface area (TPSA) is 104 Å². The van der Waals surface area contributed by atoms with E-state index in [0.717, 1.165) is 6.42 Å². The lowest BCUT2D eigenvalue weighted by molar-refractivity contribution is -0.147. The van der Waals surface area contributed by atoms with Crippen LogP contribution < -0.4 is 5.32 Å². The van der Waals surface area contributed by atoms with Crippen molar-refractivity contribution in [1.82, 2.24) is 5.32 Å². The fraction of sp³-hybridized carbons (Fsp3) is 0.545. The van der Waals surface area contributed by atoms with E-state index in [0.29, 0.717) is 12.8 Å². The molecular formula is C11H15NO5. The van der Waals surface area contributed by atoms with Gasteiger partial charge in [0.2, 0.25) is 5.91 Å². The molecule has 0 spiro atoms. The molecule has 0 heterocycles. The van der Waals surface area contributed by atoms with Gasteiger partial charge < -0.3 is 15.5 Å². The van der Waals surface area contributed by atoms with Gasteiger partial charge in [-0.15, -0.1) is 0 Å². The smallest absolute Gasteiger partial charge is 0.326 e. The Morgan fingerprint density at radius 1 is 1.29 bits per heavy atom. The van der Waals surface area contributed by atoms with Crippen LogP contribution in [0.2, 0.25) is 0 Å². The summed E-state index contributed by atoms with van der Waals surface area (Å²) >= 11 is 0. The quantitative estimate of drug-likeness (QED) is 0.604. The van der Waals surface area contributed by atoms with E-state index in [1.54, 1.807) is 0 Å². The van der Waals surface area contributed by atoms with Gasteiger partial charge >= 0.3 is 11.9 Å². The van der Waals surface area contributed by atoms with E-state index in [2.05, 4.69) is 5.32 Å². The summed E-state index contributed by atoms with van der Waals surface area (Å²) in [7, 11) is 0. The average molecular weight is 241 g/mol. The third-order valence-corrected chi connectivity index (χ3v) is 2.63. The molecule has 0 aliphatic heterocycles. The van der Waals surface area contributed by atoms with Crippen LogP contribution in [-0.2, 0) is 14.4 Å². The van der Waals surface area contributed by atoms with E-state index in [-0.39, 0.29) is 11.8 Å². The lowest BCUT2D eigenvalue weighted by Gasteiger charge is -2.20. The van der Waals surface area contributed by atoms with Gasteiger partial charge in [0.15, 0.2) is 0 Å². The van der Waals surface area contributed by atoms with E-state index < -0.39 is 24.4 Å². The summed E-state index contributed by atoms with van der Waals surface area (Å²) in [6, 6.07) is -1.36. The molecule has 1 aliphatic carbocycles. The van der Waals surface area contributed by atoms with Gasteiger partial charge in [-0.2, -0.15) is 0 Å². The largest absolute Gasteiger partial charge is 0.481 e. The zero-order valence-corrected chi connectivity index (χ0v) is 9.26. The summed E-state index contributed by atoms with van der Waals surface area (Å²) in [6.07, 6.45) is 5.27. The van der Waals surface area contributed by atoms with Crippen LogP contribution in [0.1, 0.15) is 25.7 Å². The Morgan fingerprint density at radius 3 is 2.47 bits per heavy atom. The second-order valence-electron chi connectivity index (χ2n) is 3.98. The number of rotatable bonds is 5. The molecule has 1 rings (SSSR count). The highest BCUT2D eigenvalue weighted by atomic mass is 16.4. The number of nitrogens with one attached hydrogen (secondary N) is 1. The molecule has 0 saturated carbocycles. The van der Waals surface area contributed by atoms with Crippen molar-refractivity contribution >= 4 is 17.8 Å². The first-order chi connectivity index (χ1) is 8.00. The first-order valence-electron chi connectivity index (χ1n) is 5.40. The number of aliphatic carboxylic acids is 2. The maximum Gasteiger partial charge on any atom is 0.326 e.